The van der Waals surface area contributed by atoms with Crippen LogP contribution in [0, 0.1) is 30.9 Å². The minimum Gasteiger partial charge on any atom is -0.486 e. The third-order valence-electron chi connectivity index (χ3n) is 12.0. The topological polar surface area (TPSA) is 51.8 Å². The number of furan rings is 1. The average molecular weight is 926 g/mol. The van der Waals surface area contributed by atoms with Gasteiger partial charge in [-0.05, 0) is 97.5 Å². The number of fused-ring (bicyclic) bond motifs is 3. The Morgan fingerprint density at radius 2 is 1.51 bits per heavy atom. The molecule has 0 bridgehead atoms. The normalized spacial score (nSPS) is 16.1. The molecule has 6 heteroatoms. The maximum atomic E-state index is 6.15. The summed E-state index contributed by atoms with van der Waals surface area (Å²) < 4.78 is 6.15. The van der Waals surface area contributed by atoms with E-state index in [1.165, 1.54) is 91.6 Å². The molecule has 8 rings (SSSR count). The van der Waals surface area contributed by atoms with Crippen molar-refractivity contribution in [3.8, 4) is 22.5 Å². The van der Waals surface area contributed by atoms with Crippen LogP contribution in [-0.4, -0.2) is 23.0 Å². The van der Waals surface area contributed by atoms with E-state index in [9.17, 15) is 0 Å². The number of rotatable bonds is 8. The smallest absolute Gasteiger partial charge is 0.216 e. The Hall–Kier alpha value is -3.44. The summed E-state index contributed by atoms with van der Waals surface area (Å²) in [5.74, 6) is 2.73. The van der Waals surface area contributed by atoms with Gasteiger partial charge in [0.1, 0.15) is 0 Å². The molecule has 4 aromatic heterocycles. The van der Waals surface area contributed by atoms with Crippen molar-refractivity contribution in [2.24, 2.45) is 11.8 Å². The van der Waals surface area contributed by atoms with E-state index in [2.05, 4.69) is 117 Å². The molecule has 2 fully saturated rings. The van der Waals surface area contributed by atoms with Crippen molar-refractivity contribution in [2.75, 3.05) is 0 Å². The van der Waals surface area contributed by atoms with Gasteiger partial charge in [0, 0.05) is 43.6 Å². The molecule has 2 aliphatic carbocycles. The van der Waals surface area contributed by atoms with Gasteiger partial charge in [-0.25, -0.2) is 4.98 Å². The monoisotopic (exact) mass is 926 g/mol. The first-order valence-corrected chi connectivity index (χ1v) is 24.2. The predicted molar refractivity (Wildman–Crippen MR) is 229 cm³/mol. The number of hydrogen-bond donors (Lipinski definition) is 0. The third kappa shape index (κ3) is 9.75. The molecule has 1 atom stereocenters. The van der Waals surface area contributed by atoms with Gasteiger partial charge in [-0.2, -0.15) is 0 Å². The molecule has 2 aromatic carbocycles. The molecule has 1 unspecified atom stereocenters. The van der Waals surface area contributed by atoms with Crippen LogP contribution in [0.1, 0.15) is 119 Å². The van der Waals surface area contributed by atoms with E-state index in [0.29, 0.717) is 17.5 Å². The Labute approximate surface area is 344 Å². The first-order valence-electron chi connectivity index (χ1n) is 20.7. The van der Waals surface area contributed by atoms with E-state index in [-0.39, 0.29) is 20.1 Å². The van der Waals surface area contributed by atoms with E-state index < -0.39 is 8.07 Å². The van der Waals surface area contributed by atoms with Crippen LogP contribution in [0.3, 0.4) is 0 Å². The zero-order chi connectivity index (χ0) is 37.8. The number of nitrogens with zero attached hydrogens (tertiary/aromatic N) is 3. The number of aromatic nitrogens is 3. The Balaban J connectivity index is 0.000000184. The molecule has 55 heavy (non-hydrogen) atoms. The van der Waals surface area contributed by atoms with Crippen molar-refractivity contribution < 1.29 is 24.5 Å². The average Bonchev–Trinajstić information content (AvgIpc) is 3.56. The number of benzene rings is 2. The molecule has 2 aliphatic rings. The minimum atomic E-state index is -1.38. The van der Waals surface area contributed by atoms with Crippen molar-refractivity contribution in [1.29, 1.82) is 0 Å². The second-order valence-corrected chi connectivity index (χ2v) is 22.6. The van der Waals surface area contributed by atoms with Gasteiger partial charge in [0.15, 0.2) is 0 Å². The Morgan fingerprint density at radius 3 is 2.24 bits per heavy atom. The largest absolute Gasteiger partial charge is 0.486 e. The van der Waals surface area contributed by atoms with E-state index in [1.54, 1.807) is 0 Å². The van der Waals surface area contributed by atoms with Crippen LogP contribution in [0.4, 0.5) is 0 Å². The SMILES string of the molecule is CC(C)Cc1cc(-c2[c-]ccc(C3CCCCC3)c2)ncc1[Si](C)(C)C.Cc1ccc2c(n1)oc1c(-c3cc(C(C)C4CCCCC4)ccn3)[c-]ccc12.[Ir]. The maximum Gasteiger partial charge on any atom is 0.216 e. The number of hydrogen-bond acceptors (Lipinski definition) is 4. The van der Waals surface area contributed by atoms with Gasteiger partial charge < -0.3 is 14.4 Å². The van der Waals surface area contributed by atoms with Crippen LogP contribution in [0.2, 0.25) is 19.6 Å². The molecule has 6 aromatic rings. The van der Waals surface area contributed by atoms with E-state index in [0.717, 1.165) is 57.3 Å². The second-order valence-electron chi connectivity index (χ2n) is 17.6. The first-order chi connectivity index (χ1) is 26.0. The van der Waals surface area contributed by atoms with Crippen LogP contribution in [0.5, 0.6) is 0 Å². The number of aryl methyl sites for hydroxylation is 1. The molecule has 2 saturated carbocycles. The molecular formula is C49H59IrN3OSi-2. The van der Waals surface area contributed by atoms with Crippen LogP contribution in [-0.2, 0) is 26.5 Å². The van der Waals surface area contributed by atoms with Crippen molar-refractivity contribution in [1.82, 2.24) is 15.0 Å². The summed E-state index contributed by atoms with van der Waals surface area (Å²) in [5, 5.41) is 3.63. The molecular weight excluding hydrogens is 867 g/mol. The second kappa shape index (κ2) is 18.2. The fourth-order valence-corrected chi connectivity index (χ4v) is 10.5. The molecule has 0 N–H and O–H groups in total. The van der Waals surface area contributed by atoms with Gasteiger partial charge >= 0.3 is 0 Å². The quantitative estimate of drug-likeness (QED) is 0.113. The molecule has 4 nitrogen and oxygen atoms in total. The van der Waals surface area contributed by atoms with Gasteiger partial charge in [-0.1, -0.05) is 113 Å². The summed E-state index contributed by atoms with van der Waals surface area (Å²) in [6.07, 6.45) is 18.9. The molecule has 291 valence electrons. The molecule has 0 spiro atoms. The summed E-state index contributed by atoms with van der Waals surface area (Å²) in [5.41, 5.74) is 10.9. The zero-order valence-corrected chi connectivity index (χ0v) is 37.5. The van der Waals surface area contributed by atoms with E-state index in [4.69, 9.17) is 9.40 Å². The van der Waals surface area contributed by atoms with Gasteiger partial charge in [0.05, 0.1) is 13.7 Å². The van der Waals surface area contributed by atoms with Crippen molar-refractivity contribution in [3.05, 3.63) is 108 Å². The van der Waals surface area contributed by atoms with Crippen molar-refractivity contribution in [3.63, 3.8) is 0 Å². The van der Waals surface area contributed by atoms with Crippen molar-refractivity contribution in [2.45, 2.75) is 130 Å². The standard InChI is InChI=1S/C25H25N2O.C24H34NSi.Ir/c1-16-11-12-21-20-9-6-10-22(24(20)28-25(21)27-16)23-15-19(13-14-26-23)17(2)18-7-4-3-5-8-18;1-18(2)14-22-16-23(25-17-24(22)26(3,4)5)21-13-9-12-20(15-21)19-10-7-6-8-11-19;/h6,9,11-15,17-18H,3-5,7-8H2,1-2H3;9,12,15-19H,6-8,10-11,14H2,1-5H3;/q2*-1;. The van der Waals surface area contributed by atoms with Crippen LogP contribution < -0.4 is 5.19 Å². The molecule has 0 aliphatic heterocycles. The van der Waals surface area contributed by atoms with Crippen molar-refractivity contribution >= 4 is 35.3 Å². The third-order valence-corrected chi connectivity index (χ3v) is 14.0. The van der Waals surface area contributed by atoms with Crippen LogP contribution in [0.25, 0.3) is 44.6 Å². The molecule has 0 saturated heterocycles. The Kier molecular flexibility index (Phi) is 13.6. The van der Waals surface area contributed by atoms with Gasteiger partial charge in [-0.15, -0.1) is 53.6 Å². The zero-order valence-electron chi connectivity index (χ0n) is 34.1. The summed E-state index contributed by atoms with van der Waals surface area (Å²) in [6.45, 7) is 16.2. The summed E-state index contributed by atoms with van der Waals surface area (Å²) in [7, 11) is -1.38. The predicted octanol–water partition coefficient (Wildman–Crippen LogP) is 13.2. The van der Waals surface area contributed by atoms with Gasteiger partial charge in [0.25, 0.3) is 0 Å². The van der Waals surface area contributed by atoms with Crippen LogP contribution in [0.15, 0.2) is 77.5 Å². The Morgan fingerprint density at radius 1 is 0.782 bits per heavy atom. The maximum absolute atomic E-state index is 6.15. The van der Waals surface area contributed by atoms with Gasteiger partial charge in [-0.3, -0.25) is 0 Å². The summed E-state index contributed by atoms with van der Waals surface area (Å²) in [4.78, 5) is 14.1. The fraction of sp³-hybridized carbons (Fsp3) is 0.449. The molecule has 1 radical (unpaired) electrons. The van der Waals surface area contributed by atoms with Crippen LogP contribution >= 0.6 is 0 Å². The molecule has 0 amide bonds. The molecule has 4 heterocycles. The number of pyridine rings is 3. The van der Waals surface area contributed by atoms with E-state index >= 15 is 0 Å². The fourth-order valence-electron chi connectivity index (χ4n) is 8.93. The first kappa shape index (κ1) is 41.2. The van der Waals surface area contributed by atoms with E-state index in [1.807, 2.05) is 25.3 Å². The van der Waals surface area contributed by atoms with Gasteiger partial charge in [0.2, 0.25) is 5.71 Å². The Bertz CT molecular complexity index is 2190. The minimum absolute atomic E-state index is 0. The summed E-state index contributed by atoms with van der Waals surface area (Å²) >= 11 is 0. The summed E-state index contributed by atoms with van der Waals surface area (Å²) in [6, 6.07) is 28.4.